The average Bonchev–Trinajstić information content (AvgIpc) is 2.78. The molecule has 0 spiro atoms. The minimum Gasteiger partial charge on any atom is -0.399 e. The molecule has 0 unspecified atom stereocenters. The van der Waals surface area contributed by atoms with Crippen LogP contribution in [0.2, 0.25) is 0 Å². The van der Waals surface area contributed by atoms with Crippen LogP contribution in [0.5, 0.6) is 0 Å². The number of fused-ring (bicyclic) bond motifs is 2. The van der Waals surface area contributed by atoms with Gasteiger partial charge in [-0.15, -0.1) is 4.57 Å². The number of benzene rings is 3. The second kappa shape index (κ2) is 8.46. The van der Waals surface area contributed by atoms with E-state index < -0.39 is 0 Å². The molecular weight excluding hydrogens is 372 g/mol. The highest BCUT2D eigenvalue weighted by Crippen LogP contribution is 2.24. The summed E-state index contributed by atoms with van der Waals surface area (Å²) in [5, 5.41) is 18.1. The lowest BCUT2D eigenvalue weighted by molar-refractivity contribution is -0.538. The van der Waals surface area contributed by atoms with Crippen LogP contribution in [0.3, 0.4) is 0 Å². The van der Waals surface area contributed by atoms with Gasteiger partial charge in [-0.25, -0.2) is 4.98 Å². The van der Waals surface area contributed by atoms with Crippen molar-refractivity contribution < 1.29 is 4.57 Å². The smallest absolute Gasteiger partial charge is 0.239 e. The molecule has 2 N–H and O–H groups in total. The van der Waals surface area contributed by atoms with Gasteiger partial charge in [0.05, 0.1) is 25.0 Å². The Morgan fingerprint density at radius 3 is 2.13 bits per heavy atom. The van der Waals surface area contributed by atoms with Crippen molar-refractivity contribution in [2.75, 3.05) is 23.7 Å². The largest absolute Gasteiger partial charge is 0.399 e. The molecule has 0 radical (unpaired) electrons. The van der Waals surface area contributed by atoms with Crippen molar-refractivity contribution in [3.63, 3.8) is 0 Å². The standard InChI is InChI=1S/C24H20N6/c25-12-4-14-29(15-5-13-26)20-9-11-22-24(17-20)30(19-6-2-1-3-7-19)23-16-18(27)8-10-21(23)28-22/h1-3,6-11,16-17,27H,4-5,14-15H2/p+1. The Bertz CT molecular complexity index is 1270. The van der Waals surface area contributed by atoms with E-state index in [4.69, 9.17) is 21.2 Å². The quantitative estimate of drug-likeness (QED) is 0.305. The zero-order valence-electron chi connectivity index (χ0n) is 16.5. The lowest BCUT2D eigenvalue weighted by Gasteiger charge is -2.22. The summed E-state index contributed by atoms with van der Waals surface area (Å²) in [6.45, 7) is 1.14. The van der Waals surface area contributed by atoms with Gasteiger partial charge in [0, 0.05) is 48.7 Å². The Morgan fingerprint density at radius 1 is 0.833 bits per heavy atom. The predicted molar refractivity (Wildman–Crippen MR) is 118 cm³/mol. The third kappa shape index (κ3) is 3.72. The number of nitrogen functional groups attached to an aromatic ring is 1. The molecule has 146 valence electrons. The van der Waals surface area contributed by atoms with Crippen LogP contribution in [0.4, 0.5) is 11.4 Å². The third-order valence-corrected chi connectivity index (χ3v) is 5.05. The molecule has 0 amide bonds. The van der Waals surface area contributed by atoms with E-state index in [0.29, 0.717) is 31.6 Å². The summed E-state index contributed by atoms with van der Waals surface area (Å²) in [7, 11) is 0. The van der Waals surface area contributed by atoms with E-state index in [9.17, 15) is 0 Å². The highest BCUT2D eigenvalue weighted by Gasteiger charge is 2.21. The normalized spacial score (nSPS) is 10.6. The third-order valence-electron chi connectivity index (χ3n) is 5.05. The predicted octanol–water partition coefficient (Wildman–Crippen LogP) is 3.88. The Labute approximate surface area is 175 Å². The minimum atomic E-state index is 0.397. The summed E-state index contributed by atoms with van der Waals surface area (Å²) in [6, 6.07) is 26.3. The van der Waals surface area contributed by atoms with Gasteiger partial charge in [-0.05, 0) is 24.3 Å². The summed E-state index contributed by atoms with van der Waals surface area (Å²) in [6.07, 6.45) is 0.795. The van der Waals surface area contributed by atoms with Gasteiger partial charge in [0.2, 0.25) is 16.7 Å². The molecule has 6 nitrogen and oxygen atoms in total. The summed E-state index contributed by atoms with van der Waals surface area (Å²) < 4.78 is 2.16. The molecule has 0 fully saturated rings. The number of nitrogens with zero attached hydrogens (tertiary/aromatic N) is 5. The molecule has 4 aromatic rings. The fourth-order valence-electron chi connectivity index (χ4n) is 3.65. The minimum absolute atomic E-state index is 0.397. The van der Waals surface area contributed by atoms with E-state index in [1.807, 2.05) is 48.5 Å². The molecule has 0 saturated carbocycles. The lowest BCUT2D eigenvalue weighted by atomic mass is 10.1. The summed E-state index contributed by atoms with van der Waals surface area (Å²) in [4.78, 5) is 6.90. The number of aromatic nitrogens is 2. The van der Waals surface area contributed by atoms with Crippen LogP contribution in [0, 0.1) is 22.7 Å². The molecule has 0 saturated heterocycles. The molecule has 0 aliphatic rings. The molecule has 0 aliphatic carbocycles. The van der Waals surface area contributed by atoms with Crippen molar-refractivity contribution in [1.29, 1.82) is 10.5 Å². The van der Waals surface area contributed by atoms with Crippen molar-refractivity contribution in [1.82, 2.24) is 4.98 Å². The van der Waals surface area contributed by atoms with Crippen molar-refractivity contribution >= 4 is 33.4 Å². The van der Waals surface area contributed by atoms with E-state index in [0.717, 1.165) is 33.4 Å². The first-order chi connectivity index (χ1) is 14.7. The van der Waals surface area contributed by atoms with E-state index in [1.165, 1.54) is 0 Å². The fraction of sp³-hybridized carbons (Fsp3) is 0.167. The maximum atomic E-state index is 9.03. The van der Waals surface area contributed by atoms with Gasteiger partial charge >= 0.3 is 0 Å². The van der Waals surface area contributed by atoms with Gasteiger partial charge in [-0.1, -0.05) is 18.2 Å². The van der Waals surface area contributed by atoms with Crippen molar-refractivity contribution in [3.05, 3.63) is 66.7 Å². The van der Waals surface area contributed by atoms with Crippen LogP contribution in [-0.4, -0.2) is 18.1 Å². The van der Waals surface area contributed by atoms with Crippen molar-refractivity contribution in [2.24, 2.45) is 0 Å². The zero-order chi connectivity index (χ0) is 20.9. The van der Waals surface area contributed by atoms with Gasteiger partial charge in [0.25, 0.3) is 0 Å². The van der Waals surface area contributed by atoms with Gasteiger partial charge in [-0.3, -0.25) is 0 Å². The van der Waals surface area contributed by atoms with E-state index in [1.54, 1.807) is 0 Å². The van der Waals surface area contributed by atoms with Crippen LogP contribution in [-0.2, 0) is 0 Å². The first-order valence-corrected chi connectivity index (χ1v) is 9.80. The first-order valence-electron chi connectivity index (χ1n) is 9.80. The molecule has 4 rings (SSSR count). The van der Waals surface area contributed by atoms with Crippen molar-refractivity contribution in [2.45, 2.75) is 12.8 Å². The summed E-state index contributed by atoms with van der Waals surface area (Å²) >= 11 is 0. The molecular formula is C24H21N6+. The van der Waals surface area contributed by atoms with Crippen LogP contribution < -0.4 is 15.2 Å². The van der Waals surface area contributed by atoms with Crippen molar-refractivity contribution in [3.8, 4) is 17.8 Å². The Morgan fingerprint density at radius 2 is 1.47 bits per heavy atom. The second-order valence-corrected chi connectivity index (χ2v) is 7.01. The van der Waals surface area contributed by atoms with Gasteiger partial charge in [0.15, 0.2) is 0 Å². The van der Waals surface area contributed by atoms with Gasteiger partial charge in [-0.2, -0.15) is 10.5 Å². The first kappa shape index (κ1) is 19.2. The number of nitrogens with two attached hydrogens (primary N) is 1. The highest BCUT2D eigenvalue weighted by atomic mass is 15.1. The molecule has 0 aliphatic heterocycles. The average molecular weight is 393 g/mol. The SMILES string of the molecule is N#CCCN(CCC#N)c1ccc2nc3ccc(N)cc3[n+](-c3ccccc3)c2c1. The van der Waals surface area contributed by atoms with E-state index >= 15 is 0 Å². The van der Waals surface area contributed by atoms with E-state index in [-0.39, 0.29) is 0 Å². The second-order valence-electron chi connectivity index (χ2n) is 7.01. The fourth-order valence-corrected chi connectivity index (χ4v) is 3.65. The Hall–Kier alpha value is -4.16. The maximum absolute atomic E-state index is 9.03. The molecule has 30 heavy (non-hydrogen) atoms. The molecule has 0 bridgehead atoms. The summed E-state index contributed by atoms with van der Waals surface area (Å²) in [5.41, 5.74) is 12.3. The lowest BCUT2D eigenvalue weighted by Crippen LogP contribution is -2.34. The number of rotatable bonds is 6. The number of hydrogen-bond acceptors (Lipinski definition) is 5. The molecule has 3 aromatic carbocycles. The van der Waals surface area contributed by atoms with Gasteiger partial charge in [0.1, 0.15) is 11.0 Å². The Kier molecular flexibility index (Phi) is 5.41. The van der Waals surface area contributed by atoms with Crippen LogP contribution in [0.25, 0.3) is 27.8 Å². The molecule has 1 heterocycles. The zero-order valence-corrected chi connectivity index (χ0v) is 16.5. The molecule has 1 aromatic heterocycles. The number of nitriles is 2. The molecule has 6 heteroatoms. The van der Waals surface area contributed by atoms with E-state index in [2.05, 4.69) is 39.8 Å². The van der Waals surface area contributed by atoms with Crippen LogP contribution in [0.15, 0.2) is 66.7 Å². The Balaban J connectivity index is 1.97. The highest BCUT2D eigenvalue weighted by molar-refractivity contribution is 5.85. The number of para-hydroxylation sites is 1. The monoisotopic (exact) mass is 393 g/mol. The maximum Gasteiger partial charge on any atom is 0.239 e. The number of hydrogen-bond donors (Lipinski definition) is 1. The molecule has 0 atom stereocenters. The topological polar surface area (TPSA) is 93.6 Å². The van der Waals surface area contributed by atoms with Gasteiger partial charge < -0.3 is 10.6 Å². The van der Waals surface area contributed by atoms with Crippen LogP contribution >= 0.6 is 0 Å². The van der Waals surface area contributed by atoms with Crippen LogP contribution in [0.1, 0.15) is 12.8 Å². The summed E-state index contributed by atoms with van der Waals surface area (Å²) in [5.74, 6) is 0. The number of anilines is 2.